The van der Waals surface area contributed by atoms with Gasteiger partial charge in [-0.25, -0.2) is 0 Å². The number of thioether (sulfide) groups is 1. The van der Waals surface area contributed by atoms with E-state index in [1.807, 2.05) is 17.8 Å². The second-order valence-corrected chi connectivity index (χ2v) is 6.47. The molecule has 1 aromatic heterocycles. The molecule has 1 aliphatic rings. The summed E-state index contributed by atoms with van der Waals surface area (Å²) in [5.41, 5.74) is 2.40. The van der Waals surface area contributed by atoms with Crippen molar-refractivity contribution in [2.75, 3.05) is 18.1 Å². The Morgan fingerprint density at radius 3 is 3.00 bits per heavy atom. The number of fused-ring (bicyclic) bond motifs is 1. The molecule has 0 amide bonds. The number of aryl methyl sites for hydroxylation is 1. The van der Waals surface area contributed by atoms with Crippen molar-refractivity contribution in [3.8, 4) is 0 Å². The number of para-hydroxylation sites is 1. The molecule has 1 saturated heterocycles. The fourth-order valence-electron chi connectivity index (χ4n) is 2.78. The topological polar surface area (TPSA) is 25.2 Å². The number of hydrogen-bond donors (Lipinski definition) is 1. The van der Waals surface area contributed by atoms with E-state index in [2.05, 4.69) is 37.4 Å². The molecule has 2 aromatic rings. The van der Waals surface area contributed by atoms with Crippen LogP contribution in [0.2, 0.25) is 0 Å². The lowest BCUT2D eigenvalue weighted by Crippen LogP contribution is -2.25. The van der Waals surface area contributed by atoms with E-state index in [4.69, 9.17) is 4.42 Å². The SMILES string of the molecule is CCc1c(C2CSCC(C)CN2)oc2ccccc12. The van der Waals surface area contributed by atoms with Crippen molar-refractivity contribution in [2.24, 2.45) is 5.92 Å². The second-order valence-electron chi connectivity index (χ2n) is 5.40. The second kappa shape index (κ2) is 5.59. The molecule has 0 saturated carbocycles. The summed E-state index contributed by atoms with van der Waals surface area (Å²) in [6, 6.07) is 8.75. The van der Waals surface area contributed by atoms with E-state index in [0.29, 0.717) is 6.04 Å². The van der Waals surface area contributed by atoms with Gasteiger partial charge in [-0.3, -0.25) is 0 Å². The van der Waals surface area contributed by atoms with Gasteiger partial charge in [0.15, 0.2) is 0 Å². The third-order valence-corrected chi connectivity index (χ3v) is 5.17. The Balaban J connectivity index is 1.99. The minimum atomic E-state index is 0.359. The number of nitrogens with one attached hydrogen (secondary N) is 1. The fourth-order valence-corrected chi connectivity index (χ4v) is 3.94. The standard InChI is InChI=1S/C16H21NOS/c1-3-12-13-6-4-5-7-15(13)18-16(12)14-10-19-9-11(2)8-17-14/h4-7,11,14,17H,3,8-10H2,1-2H3. The first kappa shape index (κ1) is 13.1. The highest BCUT2D eigenvalue weighted by molar-refractivity contribution is 7.99. The molecule has 2 unspecified atom stereocenters. The molecule has 1 aromatic carbocycles. The molecular weight excluding hydrogens is 254 g/mol. The predicted molar refractivity (Wildman–Crippen MR) is 82.8 cm³/mol. The van der Waals surface area contributed by atoms with Crippen LogP contribution < -0.4 is 5.32 Å². The Bertz CT molecular complexity index is 563. The van der Waals surface area contributed by atoms with E-state index in [0.717, 1.165) is 36.0 Å². The smallest absolute Gasteiger partial charge is 0.134 e. The Morgan fingerprint density at radius 1 is 1.32 bits per heavy atom. The van der Waals surface area contributed by atoms with E-state index < -0.39 is 0 Å². The zero-order valence-electron chi connectivity index (χ0n) is 11.6. The molecule has 1 aliphatic heterocycles. The molecule has 0 radical (unpaired) electrons. The maximum atomic E-state index is 6.14. The molecule has 0 spiro atoms. The molecule has 2 atom stereocenters. The van der Waals surface area contributed by atoms with E-state index in [1.165, 1.54) is 16.7 Å². The summed E-state index contributed by atoms with van der Waals surface area (Å²) in [6.07, 6.45) is 1.03. The van der Waals surface area contributed by atoms with E-state index in [1.54, 1.807) is 0 Å². The zero-order chi connectivity index (χ0) is 13.2. The quantitative estimate of drug-likeness (QED) is 0.896. The van der Waals surface area contributed by atoms with Crippen molar-refractivity contribution in [3.63, 3.8) is 0 Å². The fraction of sp³-hybridized carbons (Fsp3) is 0.500. The summed E-state index contributed by atoms with van der Waals surface area (Å²) >= 11 is 2.03. The largest absolute Gasteiger partial charge is 0.459 e. The van der Waals surface area contributed by atoms with Gasteiger partial charge in [0.05, 0.1) is 6.04 Å². The number of hydrogen-bond acceptors (Lipinski definition) is 3. The van der Waals surface area contributed by atoms with E-state index in [9.17, 15) is 0 Å². The first-order valence-electron chi connectivity index (χ1n) is 7.11. The van der Waals surface area contributed by atoms with Crippen LogP contribution in [0.5, 0.6) is 0 Å². The van der Waals surface area contributed by atoms with Gasteiger partial charge in [-0.15, -0.1) is 0 Å². The number of rotatable bonds is 2. The highest BCUT2D eigenvalue weighted by atomic mass is 32.2. The first-order chi connectivity index (χ1) is 9.29. The molecule has 0 bridgehead atoms. The maximum Gasteiger partial charge on any atom is 0.134 e. The van der Waals surface area contributed by atoms with Gasteiger partial charge >= 0.3 is 0 Å². The summed E-state index contributed by atoms with van der Waals surface area (Å²) in [4.78, 5) is 0. The summed E-state index contributed by atoms with van der Waals surface area (Å²) in [7, 11) is 0. The minimum Gasteiger partial charge on any atom is -0.459 e. The minimum absolute atomic E-state index is 0.359. The molecule has 19 heavy (non-hydrogen) atoms. The lowest BCUT2D eigenvalue weighted by molar-refractivity contribution is 0.435. The van der Waals surface area contributed by atoms with Crippen LogP contribution in [0.3, 0.4) is 0 Å². The molecule has 3 rings (SSSR count). The molecule has 102 valence electrons. The van der Waals surface area contributed by atoms with Gasteiger partial charge in [0.2, 0.25) is 0 Å². The zero-order valence-corrected chi connectivity index (χ0v) is 12.4. The molecule has 0 aliphatic carbocycles. The average Bonchev–Trinajstić information content (AvgIpc) is 2.67. The maximum absolute atomic E-state index is 6.14. The lowest BCUT2D eigenvalue weighted by Gasteiger charge is -2.14. The van der Waals surface area contributed by atoms with Gasteiger partial charge in [0.1, 0.15) is 11.3 Å². The number of furan rings is 1. The van der Waals surface area contributed by atoms with E-state index in [-0.39, 0.29) is 0 Å². The van der Waals surface area contributed by atoms with Crippen molar-refractivity contribution in [1.82, 2.24) is 5.32 Å². The lowest BCUT2D eigenvalue weighted by atomic mass is 10.0. The molecule has 3 heteroatoms. The van der Waals surface area contributed by atoms with Gasteiger partial charge in [-0.05, 0) is 30.7 Å². The number of benzene rings is 1. The van der Waals surface area contributed by atoms with Crippen molar-refractivity contribution in [2.45, 2.75) is 26.3 Å². The molecule has 2 heterocycles. The monoisotopic (exact) mass is 275 g/mol. The highest BCUT2D eigenvalue weighted by Gasteiger charge is 2.24. The molecule has 1 N–H and O–H groups in total. The van der Waals surface area contributed by atoms with Crippen molar-refractivity contribution in [3.05, 3.63) is 35.6 Å². The Morgan fingerprint density at radius 2 is 2.16 bits per heavy atom. The Hall–Kier alpha value is -0.930. The summed E-state index contributed by atoms with van der Waals surface area (Å²) in [5.74, 6) is 4.25. The van der Waals surface area contributed by atoms with Crippen LogP contribution in [0.15, 0.2) is 28.7 Å². The predicted octanol–water partition coefficient (Wildman–Crippen LogP) is 4.01. The van der Waals surface area contributed by atoms with Gasteiger partial charge in [0, 0.05) is 16.7 Å². The van der Waals surface area contributed by atoms with Gasteiger partial charge in [0.25, 0.3) is 0 Å². The first-order valence-corrected chi connectivity index (χ1v) is 8.26. The Kier molecular flexibility index (Phi) is 3.85. The van der Waals surface area contributed by atoms with Gasteiger partial charge < -0.3 is 9.73 Å². The third-order valence-electron chi connectivity index (χ3n) is 3.80. The van der Waals surface area contributed by atoms with Crippen LogP contribution in [0.1, 0.15) is 31.2 Å². The Labute approximate surface area is 118 Å². The van der Waals surface area contributed by atoms with Crippen LogP contribution in [-0.4, -0.2) is 18.1 Å². The van der Waals surface area contributed by atoms with Crippen LogP contribution >= 0.6 is 11.8 Å². The van der Waals surface area contributed by atoms with Crippen LogP contribution in [-0.2, 0) is 6.42 Å². The molecule has 2 nitrogen and oxygen atoms in total. The van der Waals surface area contributed by atoms with Crippen molar-refractivity contribution >= 4 is 22.7 Å². The van der Waals surface area contributed by atoms with Crippen LogP contribution in [0.25, 0.3) is 11.0 Å². The summed E-state index contributed by atoms with van der Waals surface area (Å²) in [6.45, 7) is 5.60. The summed E-state index contributed by atoms with van der Waals surface area (Å²) in [5, 5.41) is 4.95. The van der Waals surface area contributed by atoms with Crippen LogP contribution in [0.4, 0.5) is 0 Å². The van der Waals surface area contributed by atoms with E-state index >= 15 is 0 Å². The van der Waals surface area contributed by atoms with Gasteiger partial charge in [-0.1, -0.05) is 32.0 Å². The van der Waals surface area contributed by atoms with Gasteiger partial charge in [-0.2, -0.15) is 11.8 Å². The highest BCUT2D eigenvalue weighted by Crippen LogP contribution is 2.33. The molecular formula is C16H21NOS. The third kappa shape index (κ3) is 2.54. The summed E-state index contributed by atoms with van der Waals surface area (Å²) < 4.78 is 6.14. The van der Waals surface area contributed by atoms with Crippen molar-refractivity contribution in [1.29, 1.82) is 0 Å². The normalized spacial score (nSPS) is 24.5. The van der Waals surface area contributed by atoms with Crippen molar-refractivity contribution < 1.29 is 4.42 Å². The van der Waals surface area contributed by atoms with Crippen LogP contribution in [0, 0.1) is 5.92 Å². The molecule has 1 fully saturated rings. The average molecular weight is 275 g/mol.